The number of aliphatic hydroxyl groups is 1. The highest BCUT2D eigenvalue weighted by molar-refractivity contribution is 6.30. The van der Waals surface area contributed by atoms with Gasteiger partial charge in [0.15, 0.2) is 11.6 Å². The fourth-order valence-corrected chi connectivity index (χ4v) is 6.29. The topological polar surface area (TPSA) is 54.8 Å². The van der Waals surface area contributed by atoms with E-state index in [0.29, 0.717) is 24.1 Å². The lowest BCUT2D eigenvalue weighted by molar-refractivity contribution is 0.0135. The van der Waals surface area contributed by atoms with E-state index in [9.17, 15) is 5.11 Å². The fourth-order valence-electron chi connectivity index (χ4n) is 6.09. The molecule has 3 aliphatic rings. The van der Waals surface area contributed by atoms with Gasteiger partial charge in [0.25, 0.3) is 0 Å². The van der Waals surface area contributed by atoms with Crippen LogP contribution in [0.4, 0.5) is 5.82 Å². The first-order valence-corrected chi connectivity index (χ1v) is 12.4. The van der Waals surface area contributed by atoms with Crippen LogP contribution in [0.15, 0.2) is 43.0 Å². The van der Waals surface area contributed by atoms with Crippen molar-refractivity contribution in [3.8, 4) is 5.75 Å². The third kappa shape index (κ3) is 4.16. The minimum atomic E-state index is -0.114. The van der Waals surface area contributed by atoms with Crippen LogP contribution in [0.25, 0.3) is 0 Å². The number of anilines is 1. The first-order valence-electron chi connectivity index (χ1n) is 12.0. The fraction of sp³-hybridized carbons (Fsp3) is 0.519. The number of aromatic nitrogens is 1. The van der Waals surface area contributed by atoms with E-state index in [-0.39, 0.29) is 18.1 Å². The third-order valence-electron chi connectivity index (χ3n) is 7.95. The number of methoxy groups -OCH3 is 1. The number of hydrogen-bond donors (Lipinski definition) is 1. The minimum absolute atomic E-state index is 0.0784. The summed E-state index contributed by atoms with van der Waals surface area (Å²) < 4.78 is 12.1. The number of nitrogens with zero attached hydrogens (tertiary/aromatic N) is 2. The molecule has 1 aliphatic heterocycles. The van der Waals surface area contributed by atoms with Gasteiger partial charge in [-0.2, -0.15) is 0 Å². The molecule has 1 saturated carbocycles. The van der Waals surface area contributed by atoms with Gasteiger partial charge in [0, 0.05) is 30.6 Å². The Hall–Kier alpha value is -2.08. The van der Waals surface area contributed by atoms with Crippen molar-refractivity contribution in [1.29, 1.82) is 0 Å². The Labute approximate surface area is 201 Å². The Morgan fingerprint density at radius 3 is 2.97 bits per heavy atom. The lowest BCUT2D eigenvalue weighted by Gasteiger charge is -2.45. The van der Waals surface area contributed by atoms with Crippen molar-refractivity contribution >= 4 is 17.4 Å². The number of halogens is 1. The van der Waals surface area contributed by atoms with Crippen molar-refractivity contribution in [3.63, 3.8) is 0 Å². The Kier molecular flexibility index (Phi) is 6.39. The summed E-state index contributed by atoms with van der Waals surface area (Å²) in [7, 11) is 1.77. The van der Waals surface area contributed by atoms with Gasteiger partial charge >= 0.3 is 0 Å². The molecule has 0 amide bonds. The number of ether oxygens (including phenoxy) is 2. The molecule has 1 spiro atoms. The zero-order valence-corrected chi connectivity index (χ0v) is 20.1. The molecular formula is C27H33ClN2O3. The molecule has 33 heavy (non-hydrogen) atoms. The van der Waals surface area contributed by atoms with Gasteiger partial charge in [-0.1, -0.05) is 23.7 Å². The molecule has 176 valence electrons. The van der Waals surface area contributed by atoms with E-state index in [0.717, 1.165) is 55.4 Å². The predicted molar refractivity (Wildman–Crippen MR) is 131 cm³/mol. The molecule has 0 radical (unpaired) electrons. The Morgan fingerprint density at radius 1 is 1.36 bits per heavy atom. The summed E-state index contributed by atoms with van der Waals surface area (Å²) in [6, 6.07) is 10.1. The van der Waals surface area contributed by atoms with Gasteiger partial charge in [-0.25, -0.2) is 4.98 Å². The first kappa shape index (κ1) is 22.7. The SMILES string of the molecule is C=C[C@H](OC)[C@@H]1CC[C@H]1CN1C[C@@]2(CCCc3cc(Cl)ccc32)COc2ccc(CO)nc21. The van der Waals surface area contributed by atoms with Crippen LogP contribution in [0, 0.1) is 11.8 Å². The van der Waals surface area contributed by atoms with E-state index in [1.165, 1.54) is 17.5 Å². The van der Waals surface area contributed by atoms with Crippen LogP contribution < -0.4 is 9.64 Å². The van der Waals surface area contributed by atoms with Crippen molar-refractivity contribution in [1.82, 2.24) is 4.98 Å². The van der Waals surface area contributed by atoms with Gasteiger partial charge in [-0.3, -0.25) is 0 Å². The average molecular weight is 469 g/mol. The molecule has 2 aliphatic carbocycles. The van der Waals surface area contributed by atoms with E-state index in [4.69, 9.17) is 26.1 Å². The maximum absolute atomic E-state index is 9.75. The monoisotopic (exact) mass is 468 g/mol. The maximum Gasteiger partial charge on any atom is 0.171 e. The Balaban J connectivity index is 1.52. The van der Waals surface area contributed by atoms with Crippen LogP contribution in [-0.4, -0.2) is 43.0 Å². The van der Waals surface area contributed by atoms with Crippen LogP contribution in [0.5, 0.6) is 5.75 Å². The second-order valence-electron chi connectivity index (χ2n) is 9.82. The Bertz CT molecular complexity index is 1030. The van der Waals surface area contributed by atoms with E-state index < -0.39 is 0 Å². The number of benzene rings is 1. The van der Waals surface area contributed by atoms with Crippen LogP contribution in [-0.2, 0) is 23.2 Å². The zero-order chi connectivity index (χ0) is 23.0. The quantitative estimate of drug-likeness (QED) is 0.609. The maximum atomic E-state index is 9.75. The number of pyridine rings is 1. The van der Waals surface area contributed by atoms with E-state index in [1.54, 1.807) is 7.11 Å². The zero-order valence-electron chi connectivity index (χ0n) is 19.3. The standard InChI is InChI=1S/C27H33ClN2O3/c1-3-24(32-2)22-9-6-19(22)14-30-16-27(12-4-5-18-13-20(28)7-10-23(18)27)17-33-25-11-8-21(15-31)29-26(25)30/h3,7-8,10-11,13,19,22,24,31H,1,4-6,9,12,14-17H2,2H3/t19-,22+,24-,27-/m0/s1. The number of aryl methyl sites for hydroxylation is 1. The molecule has 2 aromatic rings. The normalized spacial score (nSPS) is 27.1. The average Bonchev–Trinajstić information content (AvgIpc) is 2.97. The third-order valence-corrected chi connectivity index (χ3v) is 8.19. The van der Waals surface area contributed by atoms with Gasteiger partial charge in [0.05, 0.1) is 25.0 Å². The summed E-state index contributed by atoms with van der Waals surface area (Å²) >= 11 is 6.34. The van der Waals surface area contributed by atoms with Gasteiger partial charge in [0.2, 0.25) is 0 Å². The highest BCUT2D eigenvalue weighted by atomic mass is 35.5. The van der Waals surface area contributed by atoms with Crippen LogP contribution in [0.3, 0.4) is 0 Å². The molecule has 1 aromatic heterocycles. The molecule has 1 aromatic carbocycles. The highest BCUT2D eigenvalue weighted by Crippen LogP contribution is 2.46. The van der Waals surface area contributed by atoms with E-state index >= 15 is 0 Å². The number of hydrogen-bond acceptors (Lipinski definition) is 5. The summed E-state index contributed by atoms with van der Waals surface area (Å²) in [6.45, 7) is 6.25. The van der Waals surface area contributed by atoms with Gasteiger partial charge in [-0.05, 0) is 79.3 Å². The van der Waals surface area contributed by atoms with E-state index in [1.807, 2.05) is 24.3 Å². The molecule has 2 heterocycles. The molecule has 0 bridgehead atoms. The number of aliphatic hydroxyl groups excluding tert-OH is 1. The van der Waals surface area contributed by atoms with Crippen LogP contribution in [0.1, 0.15) is 42.5 Å². The van der Waals surface area contributed by atoms with Gasteiger partial charge < -0.3 is 19.5 Å². The number of rotatable bonds is 6. The predicted octanol–water partition coefficient (Wildman–Crippen LogP) is 4.93. The molecule has 0 unspecified atom stereocenters. The van der Waals surface area contributed by atoms with Crippen molar-refractivity contribution < 1.29 is 14.6 Å². The Morgan fingerprint density at radius 2 is 2.24 bits per heavy atom. The molecule has 1 N–H and O–H groups in total. The molecule has 0 saturated heterocycles. The smallest absolute Gasteiger partial charge is 0.171 e. The van der Waals surface area contributed by atoms with Crippen molar-refractivity contribution in [2.45, 2.75) is 50.2 Å². The summed E-state index contributed by atoms with van der Waals surface area (Å²) in [5.74, 6) is 2.61. The molecule has 6 heteroatoms. The van der Waals surface area contributed by atoms with Crippen LogP contribution in [0.2, 0.25) is 5.02 Å². The van der Waals surface area contributed by atoms with Crippen molar-refractivity contribution in [2.75, 3.05) is 31.7 Å². The highest BCUT2D eigenvalue weighted by Gasteiger charge is 2.44. The van der Waals surface area contributed by atoms with Crippen LogP contribution >= 0.6 is 11.6 Å². The molecular weight excluding hydrogens is 436 g/mol. The lowest BCUT2D eigenvalue weighted by atomic mass is 9.68. The second kappa shape index (κ2) is 9.28. The number of fused-ring (bicyclic) bond motifs is 3. The van der Waals surface area contributed by atoms with Crippen molar-refractivity contribution in [3.05, 3.63) is 64.8 Å². The summed E-state index contributed by atoms with van der Waals surface area (Å²) in [4.78, 5) is 7.24. The lowest BCUT2D eigenvalue weighted by Crippen LogP contribution is -2.49. The second-order valence-corrected chi connectivity index (χ2v) is 10.3. The first-order chi connectivity index (χ1) is 16.1. The van der Waals surface area contributed by atoms with Crippen molar-refractivity contribution in [2.24, 2.45) is 11.8 Å². The molecule has 5 rings (SSSR count). The summed E-state index contributed by atoms with van der Waals surface area (Å²) in [5, 5.41) is 10.5. The summed E-state index contributed by atoms with van der Waals surface area (Å²) in [5.41, 5.74) is 3.24. The van der Waals surface area contributed by atoms with Gasteiger partial charge in [-0.15, -0.1) is 6.58 Å². The molecule has 4 atom stereocenters. The largest absolute Gasteiger partial charge is 0.489 e. The summed E-state index contributed by atoms with van der Waals surface area (Å²) in [6.07, 6.45) is 7.57. The molecule has 1 fully saturated rings. The van der Waals surface area contributed by atoms with Gasteiger partial charge in [0.1, 0.15) is 0 Å². The molecule has 5 nitrogen and oxygen atoms in total. The minimum Gasteiger partial charge on any atom is -0.489 e. The van der Waals surface area contributed by atoms with E-state index in [2.05, 4.69) is 23.6 Å².